The van der Waals surface area contributed by atoms with Gasteiger partial charge in [0.25, 0.3) is 5.91 Å². The third-order valence-electron chi connectivity index (χ3n) is 5.26. The standard InChI is InChI=1S/C22H25ClN4OS/c1-14-7-9-16(10-8-14)13-27-21(23)20(15(2)26-27)22(28)24-12-11-19-25-17-5-3-4-6-18(17)29-19/h7-10H,3-6,11-13H2,1-2H3,(H,24,28). The van der Waals surface area contributed by atoms with Crippen molar-refractivity contribution in [3.05, 3.63) is 67.4 Å². The maximum absolute atomic E-state index is 12.7. The fourth-order valence-corrected chi connectivity index (χ4v) is 5.14. The lowest BCUT2D eigenvalue weighted by atomic mass is 10.0. The number of benzene rings is 1. The van der Waals surface area contributed by atoms with E-state index < -0.39 is 0 Å². The van der Waals surface area contributed by atoms with E-state index in [0.29, 0.717) is 29.5 Å². The molecule has 2 heterocycles. The number of carbonyl (C=O) groups excluding carboxylic acids is 1. The molecule has 0 fully saturated rings. The Kier molecular flexibility index (Phi) is 6.01. The van der Waals surface area contributed by atoms with E-state index >= 15 is 0 Å². The first kappa shape index (κ1) is 20.1. The van der Waals surface area contributed by atoms with Gasteiger partial charge >= 0.3 is 0 Å². The molecule has 0 saturated heterocycles. The highest BCUT2D eigenvalue weighted by molar-refractivity contribution is 7.11. The van der Waals surface area contributed by atoms with E-state index in [9.17, 15) is 4.79 Å². The molecule has 5 nitrogen and oxygen atoms in total. The van der Waals surface area contributed by atoms with E-state index in [0.717, 1.165) is 29.8 Å². The minimum Gasteiger partial charge on any atom is -0.351 e. The molecule has 1 aliphatic carbocycles. The molecule has 1 aromatic carbocycles. The average Bonchev–Trinajstić information content (AvgIpc) is 3.23. The molecule has 0 saturated carbocycles. The summed E-state index contributed by atoms with van der Waals surface area (Å²) in [5.74, 6) is -0.177. The predicted molar refractivity (Wildman–Crippen MR) is 117 cm³/mol. The molecule has 0 aliphatic heterocycles. The molecule has 3 aromatic rings. The number of nitrogens with one attached hydrogen (secondary N) is 1. The van der Waals surface area contributed by atoms with Crippen LogP contribution in [-0.2, 0) is 25.8 Å². The van der Waals surface area contributed by atoms with Crippen molar-refractivity contribution >= 4 is 28.8 Å². The Balaban J connectivity index is 1.38. The Morgan fingerprint density at radius 2 is 1.97 bits per heavy atom. The van der Waals surface area contributed by atoms with Crippen LogP contribution >= 0.6 is 22.9 Å². The molecule has 29 heavy (non-hydrogen) atoms. The average molecular weight is 429 g/mol. The lowest BCUT2D eigenvalue weighted by Crippen LogP contribution is -2.26. The quantitative estimate of drug-likeness (QED) is 0.628. The number of rotatable bonds is 6. The van der Waals surface area contributed by atoms with Gasteiger partial charge in [0.05, 0.1) is 28.5 Å². The summed E-state index contributed by atoms with van der Waals surface area (Å²) < 4.78 is 1.69. The normalized spacial score (nSPS) is 13.3. The molecule has 1 amide bonds. The number of aromatic nitrogens is 3. The second-order valence-corrected chi connectivity index (χ2v) is 9.11. The predicted octanol–water partition coefficient (Wildman–Crippen LogP) is 4.51. The topological polar surface area (TPSA) is 59.8 Å². The minimum absolute atomic E-state index is 0.177. The van der Waals surface area contributed by atoms with E-state index in [4.69, 9.17) is 16.6 Å². The van der Waals surface area contributed by atoms with E-state index in [1.165, 1.54) is 29.0 Å². The Morgan fingerprint density at radius 3 is 2.72 bits per heavy atom. The molecular weight excluding hydrogens is 404 g/mol. The van der Waals surface area contributed by atoms with Crippen molar-refractivity contribution < 1.29 is 4.79 Å². The van der Waals surface area contributed by atoms with Crippen LogP contribution in [0.3, 0.4) is 0 Å². The molecule has 1 N–H and O–H groups in total. The van der Waals surface area contributed by atoms with Crippen LogP contribution in [0.1, 0.15) is 55.6 Å². The Bertz CT molecular complexity index is 999. The number of aryl methyl sites for hydroxylation is 4. The van der Waals surface area contributed by atoms with Gasteiger partial charge in [-0.3, -0.25) is 4.79 Å². The van der Waals surface area contributed by atoms with Crippen molar-refractivity contribution in [3.63, 3.8) is 0 Å². The second-order valence-electron chi connectivity index (χ2n) is 7.58. The monoisotopic (exact) mass is 428 g/mol. The van der Waals surface area contributed by atoms with Gasteiger partial charge in [-0.1, -0.05) is 41.4 Å². The summed E-state index contributed by atoms with van der Waals surface area (Å²) in [5.41, 5.74) is 4.66. The van der Waals surface area contributed by atoms with Crippen LogP contribution in [-0.4, -0.2) is 27.2 Å². The molecule has 0 atom stereocenters. The smallest absolute Gasteiger partial charge is 0.256 e. The zero-order valence-corrected chi connectivity index (χ0v) is 18.4. The van der Waals surface area contributed by atoms with E-state index in [1.807, 2.05) is 6.92 Å². The van der Waals surface area contributed by atoms with Gasteiger partial charge in [-0.05, 0) is 45.1 Å². The molecule has 0 spiro atoms. The van der Waals surface area contributed by atoms with Crippen LogP contribution in [0.15, 0.2) is 24.3 Å². The van der Waals surface area contributed by atoms with Gasteiger partial charge < -0.3 is 5.32 Å². The Hall–Kier alpha value is -2.18. The van der Waals surface area contributed by atoms with Crippen molar-refractivity contribution in [1.82, 2.24) is 20.1 Å². The highest BCUT2D eigenvalue weighted by Crippen LogP contribution is 2.27. The molecule has 0 unspecified atom stereocenters. The molecule has 4 rings (SSSR count). The molecule has 1 aliphatic rings. The third kappa shape index (κ3) is 4.54. The minimum atomic E-state index is -0.177. The van der Waals surface area contributed by atoms with E-state index in [2.05, 4.69) is 41.6 Å². The lowest BCUT2D eigenvalue weighted by molar-refractivity contribution is 0.0953. The van der Waals surface area contributed by atoms with Crippen molar-refractivity contribution in [2.75, 3.05) is 6.54 Å². The van der Waals surface area contributed by atoms with Crippen LogP contribution in [0.4, 0.5) is 0 Å². The van der Waals surface area contributed by atoms with E-state index in [1.54, 1.807) is 16.0 Å². The van der Waals surface area contributed by atoms with Crippen molar-refractivity contribution in [1.29, 1.82) is 0 Å². The molecule has 7 heteroatoms. The molecular formula is C22H25ClN4OS. The van der Waals surface area contributed by atoms with Gasteiger partial charge in [-0.2, -0.15) is 5.10 Å². The summed E-state index contributed by atoms with van der Waals surface area (Å²) in [6.45, 7) is 4.96. The number of amides is 1. The van der Waals surface area contributed by atoms with E-state index in [-0.39, 0.29) is 5.91 Å². The molecule has 152 valence electrons. The summed E-state index contributed by atoms with van der Waals surface area (Å²) in [6, 6.07) is 8.22. The number of hydrogen-bond acceptors (Lipinski definition) is 4. The largest absolute Gasteiger partial charge is 0.351 e. The zero-order chi connectivity index (χ0) is 20.4. The highest BCUT2D eigenvalue weighted by atomic mass is 35.5. The Labute approximate surface area is 180 Å². The molecule has 0 radical (unpaired) electrons. The van der Waals surface area contributed by atoms with Gasteiger partial charge in [-0.25, -0.2) is 9.67 Å². The summed E-state index contributed by atoms with van der Waals surface area (Å²) in [7, 11) is 0. The molecule has 0 bridgehead atoms. The first-order chi connectivity index (χ1) is 14.0. The maximum atomic E-state index is 12.7. The summed E-state index contributed by atoms with van der Waals surface area (Å²) in [6.07, 6.45) is 5.48. The van der Waals surface area contributed by atoms with Gasteiger partial charge in [0.2, 0.25) is 0 Å². The number of carbonyl (C=O) groups is 1. The first-order valence-corrected chi connectivity index (χ1v) is 11.2. The third-order valence-corrected chi connectivity index (χ3v) is 6.86. The van der Waals surface area contributed by atoms with Crippen LogP contribution in [0, 0.1) is 13.8 Å². The summed E-state index contributed by atoms with van der Waals surface area (Å²) in [5, 5.41) is 8.94. The zero-order valence-electron chi connectivity index (χ0n) is 16.8. The SMILES string of the molecule is Cc1ccc(Cn2nc(C)c(C(=O)NCCc3nc4c(s3)CCCC4)c2Cl)cc1. The summed E-state index contributed by atoms with van der Waals surface area (Å²) >= 11 is 8.29. The van der Waals surface area contributed by atoms with Gasteiger partial charge in [-0.15, -0.1) is 11.3 Å². The number of fused-ring (bicyclic) bond motifs is 1. The Morgan fingerprint density at radius 1 is 1.21 bits per heavy atom. The van der Waals surface area contributed by atoms with Crippen molar-refractivity contribution in [2.45, 2.75) is 52.5 Å². The number of hydrogen-bond donors (Lipinski definition) is 1. The van der Waals surface area contributed by atoms with Crippen LogP contribution in [0.25, 0.3) is 0 Å². The lowest BCUT2D eigenvalue weighted by Gasteiger charge is -2.06. The fraction of sp³-hybridized carbons (Fsp3) is 0.409. The number of thiazole rings is 1. The van der Waals surface area contributed by atoms with Gasteiger partial charge in [0.1, 0.15) is 5.15 Å². The van der Waals surface area contributed by atoms with Gasteiger partial charge in [0.15, 0.2) is 0 Å². The van der Waals surface area contributed by atoms with Crippen molar-refractivity contribution in [2.24, 2.45) is 0 Å². The van der Waals surface area contributed by atoms with Crippen molar-refractivity contribution in [3.8, 4) is 0 Å². The highest BCUT2D eigenvalue weighted by Gasteiger charge is 2.21. The van der Waals surface area contributed by atoms with Gasteiger partial charge in [0, 0.05) is 17.8 Å². The van der Waals surface area contributed by atoms with Crippen LogP contribution in [0.5, 0.6) is 0 Å². The molecule has 2 aromatic heterocycles. The fourth-order valence-electron chi connectivity index (χ4n) is 3.67. The van der Waals surface area contributed by atoms with Crippen LogP contribution < -0.4 is 5.32 Å². The number of halogens is 1. The second kappa shape index (κ2) is 8.67. The van der Waals surface area contributed by atoms with Crippen LogP contribution in [0.2, 0.25) is 5.15 Å². The maximum Gasteiger partial charge on any atom is 0.256 e. The number of nitrogens with zero attached hydrogens (tertiary/aromatic N) is 3. The first-order valence-electron chi connectivity index (χ1n) is 10.1. The summed E-state index contributed by atoms with van der Waals surface area (Å²) in [4.78, 5) is 18.9.